The first-order valence-electron chi connectivity index (χ1n) is 18.6. The van der Waals surface area contributed by atoms with Crippen LogP contribution in [0.4, 0.5) is 11.6 Å². The first kappa shape index (κ1) is 33.2. The topological polar surface area (TPSA) is 99.0 Å². The van der Waals surface area contributed by atoms with Crippen molar-refractivity contribution in [2.45, 2.75) is 76.5 Å². The van der Waals surface area contributed by atoms with E-state index in [1.807, 2.05) is 43.3 Å². The van der Waals surface area contributed by atoms with E-state index in [9.17, 15) is 9.90 Å². The van der Waals surface area contributed by atoms with Crippen molar-refractivity contribution in [1.82, 2.24) is 24.3 Å². The number of nitrogens with zero attached hydrogens (tertiary/aromatic N) is 6. The van der Waals surface area contributed by atoms with Crippen LogP contribution in [0.1, 0.15) is 73.5 Å². The number of hydrogen-bond acceptors (Lipinski definition) is 8. The van der Waals surface area contributed by atoms with Crippen LogP contribution in [0.2, 0.25) is 0 Å². The zero-order chi connectivity index (χ0) is 34.4. The highest BCUT2D eigenvalue weighted by molar-refractivity contribution is 6.05. The van der Waals surface area contributed by atoms with E-state index in [1.54, 1.807) is 7.11 Å². The molecule has 50 heavy (non-hydrogen) atoms. The van der Waals surface area contributed by atoms with Gasteiger partial charge >= 0.3 is 0 Å². The number of amides is 1. The Bertz CT molecular complexity index is 1840. The van der Waals surface area contributed by atoms with E-state index in [4.69, 9.17) is 14.7 Å². The Balaban J connectivity index is 1.02. The number of nitrogens with one attached hydrogen (secondary N) is 1. The number of aromatic nitrogens is 3. The molecule has 4 aliphatic rings. The highest BCUT2D eigenvalue weighted by atomic mass is 16.5. The van der Waals surface area contributed by atoms with Crippen LogP contribution in [0, 0.1) is 12.3 Å². The number of imidazole rings is 1. The number of piperidine rings is 2. The van der Waals surface area contributed by atoms with Gasteiger partial charge in [-0.1, -0.05) is 12.1 Å². The predicted molar refractivity (Wildman–Crippen MR) is 198 cm³/mol. The van der Waals surface area contributed by atoms with Gasteiger partial charge in [-0.3, -0.25) is 20.0 Å². The number of anilines is 2. The van der Waals surface area contributed by atoms with Crippen molar-refractivity contribution < 1.29 is 14.6 Å². The lowest BCUT2D eigenvalue weighted by atomic mass is 9.71. The average molecular weight is 678 g/mol. The van der Waals surface area contributed by atoms with E-state index < -0.39 is 0 Å². The summed E-state index contributed by atoms with van der Waals surface area (Å²) in [5, 5.41) is 13.5. The molecular formula is C40H51N7O3. The third-order valence-electron chi connectivity index (χ3n) is 12.0. The van der Waals surface area contributed by atoms with Crippen LogP contribution in [0.3, 0.4) is 0 Å². The molecule has 4 aromatic rings. The molecule has 3 aliphatic heterocycles. The van der Waals surface area contributed by atoms with E-state index in [-0.39, 0.29) is 18.1 Å². The van der Waals surface area contributed by atoms with Crippen LogP contribution in [0.5, 0.6) is 5.75 Å². The smallest absolute Gasteiger partial charge is 0.258 e. The number of para-hydroxylation sites is 1. The van der Waals surface area contributed by atoms with E-state index in [0.717, 1.165) is 61.1 Å². The normalized spacial score (nSPS) is 23.2. The SMILES string of the molecule is COc1ccccc1-c1cc(C(=O)Nc2nc3ccc(N4CCC(N5CC6(CCN(C)CC6)C5)CC4)cc3n2[C@H]2CC[C@@H](O)CC2)cc(C)n1. The number of aryl methyl sites for hydroxylation is 1. The van der Waals surface area contributed by atoms with E-state index in [1.165, 1.54) is 57.5 Å². The summed E-state index contributed by atoms with van der Waals surface area (Å²) in [6.07, 6.45) is 7.97. The second-order valence-electron chi connectivity index (χ2n) is 15.4. The molecule has 0 radical (unpaired) electrons. The molecule has 1 aliphatic carbocycles. The van der Waals surface area contributed by atoms with Gasteiger partial charge in [-0.05, 0) is 126 Å². The largest absolute Gasteiger partial charge is 0.496 e. The molecule has 2 N–H and O–H groups in total. The Labute approximate surface area is 295 Å². The van der Waals surface area contributed by atoms with Gasteiger partial charge < -0.3 is 24.2 Å². The van der Waals surface area contributed by atoms with Gasteiger partial charge in [0, 0.05) is 60.8 Å². The number of hydrogen-bond donors (Lipinski definition) is 2. The first-order chi connectivity index (χ1) is 24.3. The number of aliphatic hydroxyl groups is 1. The van der Waals surface area contributed by atoms with Gasteiger partial charge in [-0.25, -0.2) is 4.98 Å². The maximum atomic E-state index is 13.9. The molecule has 10 heteroatoms. The molecule has 2 aromatic carbocycles. The van der Waals surface area contributed by atoms with Crippen LogP contribution >= 0.6 is 0 Å². The lowest BCUT2D eigenvalue weighted by molar-refractivity contribution is -0.0704. The number of methoxy groups -OCH3 is 1. The van der Waals surface area contributed by atoms with Crippen molar-refractivity contribution in [1.29, 1.82) is 0 Å². The monoisotopic (exact) mass is 677 g/mol. The minimum absolute atomic E-state index is 0.140. The van der Waals surface area contributed by atoms with E-state index in [0.29, 0.717) is 34.4 Å². The van der Waals surface area contributed by atoms with Crippen molar-refractivity contribution >= 4 is 28.6 Å². The second-order valence-corrected chi connectivity index (χ2v) is 15.4. The van der Waals surface area contributed by atoms with Gasteiger partial charge in [-0.15, -0.1) is 0 Å². The van der Waals surface area contributed by atoms with Gasteiger partial charge in [0.1, 0.15) is 5.75 Å². The van der Waals surface area contributed by atoms with Crippen molar-refractivity contribution in [2.75, 3.05) is 63.6 Å². The minimum Gasteiger partial charge on any atom is -0.496 e. The molecule has 1 amide bonds. The highest BCUT2D eigenvalue weighted by Crippen LogP contribution is 2.43. The Morgan fingerprint density at radius 1 is 0.900 bits per heavy atom. The predicted octanol–water partition coefficient (Wildman–Crippen LogP) is 6.14. The Morgan fingerprint density at radius 3 is 2.38 bits per heavy atom. The molecule has 2 aromatic heterocycles. The van der Waals surface area contributed by atoms with Crippen molar-refractivity contribution in [2.24, 2.45) is 5.41 Å². The van der Waals surface area contributed by atoms with E-state index >= 15 is 0 Å². The Kier molecular flexibility index (Phi) is 9.03. The van der Waals surface area contributed by atoms with Gasteiger partial charge in [-0.2, -0.15) is 0 Å². The fraction of sp³-hybridized carbons (Fsp3) is 0.525. The third-order valence-corrected chi connectivity index (χ3v) is 12.0. The summed E-state index contributed by atoms with van der Waals surface area (Å²) in [6, 6.07) is 18.7. The molecule has 10 nitrogen and oxygen atoms in total. The van der Waals surface area contributed by atoms with Crippen LogP contribution in [0.25, 0.3) is 22.3 Å². The summed E-state index contributed by atoms with van der Waals surface area (Å²) in [6.45, 7) is 9.04. The average Bonchev–Trinajstić information content (AvgIpc) is 3.48. The third kappa shape index (κ3) is 6.49. The number of fused-ring (bicyclic) bond motifs is 1. The van der Waals surface area contributed by atoms with Crippen LogP contribution in [-0.4, -0.2) is 101 Å². The number of ether oxygens (including phenoxy) is 1. The van der Waals surface area contributed by atoms with Crippen molar-refractivity contribution in [3.63, 3.8) is 0 Å². The van der Waals surface area contributed by atoms with Crippen molar-refractivity contribution in [3.8, 4) is 17.0 Å². The first-order valence-corrected chi connectivity index (χ1v) is 18.6. The summed E-state index contributed by atoms with van der Waals surface area (Å²) >= 11 is 0. The molecule has 264 valence electrons. The number of pyridine rings is 1. The molecule has 4 fully saturated rings. The van der Waals surface area contributed by atoms with Crippen LogP contribution in [0.15, 0.2) is 54.6 Å². The van der Waals surface area contributed by atoms with E-state index in [2.05, 4.69) is 49.8 Å². The molecular weight excluding hydrogens is 626 g/mol. The molecule has 0 bridgehead atoms. The van der Waals surface area contributed by atoms with Gasteiger partial charge in [0.25, 0.3) is 5.91 Å². The Morgan fingerprint density at radius 2 is 1.64 bits per heavy atom. The maximum Gasteiger partial charge on any atom is 0.258 e. The molecule has 1 spiro atoms. The number of carbonyl (C=O) groups excluding carboxylic acids is 1. The van der Waals surface area contributed by atoms with Crippen LogP contribution in [-0.2, 0) is 0 Å². The van der Waals surface area contributed by atoms with Gasteiger partial charge in [0.2, 0.25) is 5.95 Å². The second kappa shape index (κ2) is 13.6. The number of rotatable bonds is 7. The summed E-state index contributed by atoms with van der Waals surface area (Å²) in [4.78, 5) is 31.4. The molecule has 8 rings (SSSR count). The zero-order valence-electron chi connectivity index (χ0n) is 29.8. The summed E-state index contributed by atoms with van der Waals surface area (Å²) in [5.41, 5.74) is 6.48. The fourth-order valence-corrected chi connectivity index (χ4v) is 8.99. The maximum absolute atomic E-state index is 13.9. The lowest BCUT2D eigenvalue weighted by Gasteiger charge is -2.57. The van der Waals surface area contributed by atoms with Gasteiger partial charge in [0.05, 0.1) is 29.9 Å². The molecule has 1 saturated carbocycles. The number of benzene rings is 2. The molecule has 3 saturated heterocycles. The zero-order valence-corrected chi connectivity index (χ0v) is 29.8. The number of aliphatic hydroxyl groups excluding tert-OH is 1. The lowest BCUT2D eigenvalue weighted by Crippen LogP contribution is -2.63. The standard InChI is InChI=1S/C40H51N7O3/c1-27-22-28(23-35(41-27)33-6-4-5-7-37(33)50-3)38(49)43-39-42-34-13-10-31(24-36(34)47(39)30-8-11-32(48)12-9-30)45-18-14-29(15-19-45)46-25-40(26-46)16-20-44(2)21-17-40/h4-7,10,13,22-24,29-30,32,48H,8-9,11-12,14-21,25-26H2,1-3H3,(H,42,43,49)/t30-,32+. The summed E-state index contributed by atoms with van der Waals surface area (Å²) < 4.78 is 7.81. The number of likely N-dealkylation sites (tertiary alicyclic amines) is 2. The van der Waals surface area contributed by atoms with Gasteiger partial charge in [0.15, 0.2) is 0 Å². The number of carbonyl (C=O) groups is 1. The quantitative estimate of drug-likeness (QED) is 0.241. The molecule has 0 unspecified atom stereocenters. The summed E-state index contributed by atoms with van der Waals surface area (Å²) in [7, 11) is 3.89. The van der Waals surface area contributed by atoms with Crippen molar-refractivity contribution in [3.05, 3.63) is 65.9 Å². The minimum atomic E-state index is -0.273. The summed E-state index contributed by atoms with van der Waals surface area (Å²) in [5.74, 6) is 1.03. The Hall–Kier alpha value is -3.99. The highest BCUT2D eigenvalue weighted by Gasteiger charge is 2.46. The molecule has 5 heterocycles. The fourth-order valence-electron chi connectivity index (χ4n) is 8.99. The van der Waals surface area contributed by atoms with Crippen LogP contribution < -0.4 is 15.0 Å². The molecule has 0 atom stereocenters.